The number of hydrogen-bond donors (Lipinski definition) is 1. The van der Waals surface area contributed by atoms with Crippen molar-refractivity contribution in [3.05, 3.63) is 28.2 Å². The monoisotopic (exact) mass is 369 g/mol. The van der Waals surface area contributed by atoms with Gasteiger partial charge in [-0.1, -0.05) is 35.0 Å². The van der Waals surface area contributed by atoms with Gasteiger partial charge in [0.2, 0.25) is 5.91 Å². The molecule has 1 unspecified atom stereocenters. The Morgan fingerprint density at radius 2 is 2.17 bits per heavy atom. The van der Waals surface area contributed by atoms with Crippen LogP contribution in [0.1, 0.15) is 19.3 Å². The number of aliphatic imine (C=N–C) groups is 2. The number of halogens is 2. The Labute approximate surface area is 147 Å². The number of carbonyl (C=O) groups is 2. The van der Waals surface area contributed by atoms with Gasteiger partial charge in [0.05, 0.1) is 21.5 Å². The first-order chi connectivity index (χ1) is 11.0. The number of carbonyl (C=O) groups excluding carboxylic acids is 2. The highest BCUT2D eigenvalue weighted by atomic mass is 35.5. The Hall–Kier alpha value is -1.37. The molecule has 120 valence electrons. The normalized spacial score (nSPS) is 19.9. The summed E-state index contributed by atoms with van der Waals surface area (Å²) in [6.45, 7) is 0. The SMILES string of the molecule is O=C1N=C2CCCC2C(SCC(=O)Nc2cc(Cl)ccc2Cl)=N1. The summed E-state index contributed by atoms with van der Waals surface area (Å²) in [7, 11) is 0. The lowest BCUT2D eigenvalue weighted by atomic mass is 10.1. The number of rotatable bonds is 3. The maximum Gasteiger partial charge on any atom is 0.367 e. The molecule has 3 rings (SSSR count). The van der Waals surface area contributed by atoms with E-state index >= 15 is 0 Å². The molecule has 1 saturated carbocycles. The van der Waals surface area contributed by atoms with Crippen LogP contribution in [-0.4, -0.2) is 28.4 Å². The Morgan fingerprint density at radius 1 is 1.35 bits per heavy atom. The molecule has 0 spiro atoms. The predicted molar refractivity (Wildman–Crippen MR) is 95.2 cm³/mol. The minimum absolute atomic E-state index is 0.0975. The summed E-state index contributed by atoms with van der Waals surface area (Å²) in [5.41, 5.74) is 1.36. The number of fused-ring (bicyclic) bond motifs is 1. The number of urea groups is 1. The molecule has 1 aromatic carbocycles. The van der Waals surface area contributed by atoms with E-state index in [2.05, 4.69) is 15.3 Å². The van der Waals surface area contributed by atoms with E-state index in [0.29, 0.717) is 20.8 Å². The van der Waals surface area contributed by atoms with E-state index in [4.69, 9.17) is 23.2 Å². The van der Waals surface area contributed by atoms with Gasteiger partial charge in [-0.25, -0.2) is 9.79 Å². The molecule has 1 atom stereocenters. The number of thioether (sulfide) groups is 1. The van der Waals surface area contributed by atoms with E-state index in [1.54, 1.807) is 18.2 Å². The molecule has 3 amide bonds. The molecule has 5 nitrogen and oxygen atoms in total. The Balaban J connectivity index is 1.61. The van der Waals surface area contributed by atoms with Gasteiger partial charge in [0.25, 0.3) is 0 Å². The van der Waals surface area contributed by atoms with Crippen LogP contribution in [0.25, 0.3) is 0 Å². The number of amides is 3. The zero-order valence-corrected chi connectivity index (χ0v) is 14.3. The molecule has 1 aliphatic carbocycles. The van der Waals surface area contributed by atoms with Crippen molar-refractivity contribution >= 4 is 63.3 Å². The average molecular weight is 370 g/mol. The molecule has 2 aliphatic rings. The fraction of sp³-hybridized carbons (Fsp3) is 0.333. The quantitative estimate of drug-likeness (QED) is 0.855. The average Bonchev–Trinajstić information content (AvgIpc) is 2.96. The molecule has 0 radical (unpaired) electrons. The van der Waals surface area contributed by atoms with Gasteiger partial charge in [-0.2, -0.15) is 4.99 Å². The second kappa shape index (κ2) is 7.03. The van der Waals surface area contributed by atoms with E-state index in [9.17, 15) is 9.59 Å². The number of anilines is 1. The summed E-state index contributed by atoms with van der Waals surface area (Å²) in [5.74, 6) is 0.0234. The van der Waals surface area contributed by atoms with Gasteiger partial charge in [0, 0.05) is 16.7 Å². The molecule has 0 bridgehead atoms. The van der Waals surface area contributed by atoms with Crippen LogP contribution in [0.5, 0.6) is 0 Å². The molecule has 1 aromatic rings. The standard InChI is InChI=1S/C15H13Cl2N3O2S/c16-8-4-5-10(17)12(6-8)18-13(21)7-23-14-9-2-1-3-11(9)19-15(22)20-14/h4-6,9H,1-3,7H2,(H,18,21). The summed E-state index contributed by atoms with van der Waals surface area (Å²) >= 11 is 13.2. The second-order valence-corrected chi connectivity index (χ2v) is 7.08. The molecule has 0 aromatic heterocycles. The van der Waals surface area contributed by atoms with Crippen LogP contribution in [0.3, 0.4) is 0 Å². The number of hydrogen-bond acceptors (Lipinski definition) is 3. The van der Waals surface area contributed by atoms with Crippen molar-refractivity contribution in [1.82, 2.24) is 0 Å². The maximum absolute atomic E-state index is 12.1. The molecular formula is C15H13Cl2N3O2S. The first-order valence-corrected chi connectivity index (χ1v) is 8.85. The summed E-state index contributed by atoms with van der Waals surface area (Å²) in [5, 5.41) is 4.31. The van der Waals surface area contributed by atoms with Crippen LogP contribution in [0.4, 0.5) is 10.5 Å². The van der Waals surface area contributed by atoms with Gasteiger partial charge in [0.1, 0.15) is 0 Å². The zero-order valence-electron chi connectivity index (χ0n) is 12.0. The van der Waals surface area contributed by atoms with Crippen molar-refractivity contribution < 1.29 is 9.59 Å². The molecular weight excluding hydrogens is 357 g/mol. The summed E-state index contributed by atoms with van der Waals surface area (Å²) < 4.78 is 0. The van der Waals surface area contributed by atoms with E-state index in [1.807, 2.05) is 0 Å². The smallest absolute Gasteiger partial charge is 0.324 e. The van der Waals surface area contributed by atoms with E-state index in [1.165, 1.54) is 11.8 Å². The minimum atomic E-state index is -0.473. The lowest BCUT2D eigenvalue weighted by Gasteiger charge is -2.16. The van der Waals surface area contributed by atoms with Crippen LogP contribution in [0, 0.1) is 5.92 Å². The molecule has 8 heteroatoms. The van der Waals surface area contributed by atoms with Crippen molar-refractivity contribution in [2.45, 2.75) is 19.3 Å². The fourth-order valence-electron chi connectivity index (χ4n) is 2.60. The molecule has 1 N–H and O–H groups in total. The topological polar surface area (TPSA) is 70.9 Å². The first kappa shape index (κ1) is 16.5. The van der Waals surface area contributed by atoms with Gasteiger partial charge in [0.15, 0.2) is 0 Å². The highest BCUT2D eigenvalue weighted by molar-refractivity contribution is 8.14. The van der Waals surface area contributed by atoms with Crippen LogP contribution < -0.4 is 5.32 Å². The first-order valence-electron chi connectivity index (χ1n) is 7.10. The van der Waals surface area contributed by atoms with Crippen molar-refractivity contribution in [3.8, 4) is 0 Å². The molecule has 1 aliphatic heterocycles. The lowest BCUT2D eigenvalue weighted by Crippen LogP contribution is -2.24. The highest BCUT2D eigenvalue weighted by Crippen LogP contribution is 2.32. The number of nitrogens with zero attached hydrogens (tertiary/aromatic N) is 2. The largest absolute Gasteiger partial charge is 0.367 e. The van der Waals surface area contributed by atoms with Crippen LogP contribution in [-0.2, 0) is 4.79 Å². The Bertz CT molecular complexity index is 733. The van der Waals surface area contributed by atoms with Gasteiger partial charge in [-0.3, -0.25) is 4.79 Å². The van der Waals surface area contributed by atoms with Crippen LogP contribution in [0.15, 0.2) is 28.2 Å². The van der Waals surface area contributed by atoms with Crippen LogP contribution >= 0.6 is 35.0 Å². The molecule has 23 heavy (non-hydrogen) atoms. The Morgan fingerprint density at radius 3 is 3.00 bits per heavy atom. The third kappa shape index (κ3) is 3.94. The highest BCUT2D eigenvalue weighted by Gasteiger charge is 2.32. The Kier molecular flexibility index (Phi) is 5.04. The van der Waals surface area contributed by atoms with Crippen LogP contribution in [0.2, 0.25) is 10.0 Å². The number of nitrogens with one attached hydrogen (secondary N) is 1. The minimum Gasteiger partial charge on any atom is -0.324 e. The van der Waals surface area contributed by atoms with Crippen molar-refractivity contribution in [3.63, 3.8) is 0 Å². The van der Waals surface area contributed by atoms with E-state index in [0.717, 1.165) is 25.0 Å². The third-order valence-electron chi connectivity index (χ3n) is 3.62. The van der Waals surface area contributed by atoms with E-state index < -0.39 is 6.03 Å². The summed E-state index contributed by atoms with van der Waals surface area (Å²) in [4.78, 5) is 31.5. The maximum atomic E-state index is 12.1. The van der Waals surface area contributed by atoms with Crippen molar-refractivity contribution in [1.29, 1.82) is 0 Å². The van der Waals surface area contributed by atoms with Gasteiger partial charge in [-0.15, -0.1) is 0 Å². The zero-order chi connectivity index (χ0) is 16.4. The molecule has 0 saturated heterocycles. The second-order valence-electron chi connectivity index (χ2n) is 5.24. The predicted octanol–water partition coefficient (Wildman–Crippen LogP) is 4.44. The van der Waals surface area contributed by atoms with E-state index in [-0.39, 0.29) is 17.6 Å². The lowest BCUT2D eigenvalue weighted by molar-refractivity contribution is -0.113. The molecule has 1 fully saturated rings. The summed E-state index contributed by atoms with van der Waals surface area (Å²) in [6, 6.07) is 4.39. The fourth-order valence-corrected chi connectivity index (χ4v) is 3.89. The van der Waals surface area contributed by atoms with Gasteiger partial charge in [-0.05, 0) is 37.5 Å². The van der Waals surface area contributed by atoms with Crippen molar-refractivity contribution in [2.24, 2.45) is 15.9 Å². The third-order valence-corrected chi connectivity index (χ3v) is 5.27. The molecule has 1 heterocycles. The van der Waals surface area contributed by atoms with Crippen molar-refractivity contribution in [2.75, 3.05) is 11.1 Å². The summed E-state index contributed by atoms with van der Waals surface area (Å²) in [6.07, 6.45) is 2.76. The van der Waals surface area contributed by atoms with Gasteiger partial charge < -0.3 is 5.32 Å². The number of benzene rings is 1. The van der Waals surface area contributed by atoms with Gasteiger partial charge >= 0.3 is 6.03 Å².